The van der Waals surface area contributed by atoms with E-state index < -0.39 is 0 Å². The van der Waals surface area contributed by atoms with Gasteiger partial charge in [-0.3, -0.25) is 4.79 Å². The number of benzene rings is 1. The summed E-state index contributed by atoms with van der Waals surface area (Å²) in [5.74, 6) is 0.842. The molecule has 0 spiro atoms. The highest BCUT2D eigenvalue weighted by Gasteiger charge is 2.29. The molecule has 5 heteroatoms. The van der Waals surface area contributed by atoms with Crippen LogP contribution in [0.2, 0.25) is 0 Å². The molecule has 1 atom stereocenters. The van der Waals surface area contributed by atoms with Gasteiger partial charge in [0.05, 0.1) is 0 Å². The summed E-state index contributed by atoms with van der Waals surface area (Å²) in [4.78, 5) is 18.7. The monoisotopic (exact) mass is 314 g/mol. The number of amides is 1. The molecule has 5 nitrogen and oxygen atoms in total. The third-order valence-corrected chi connectivity index (χ3v) is 4.54. The summed E-state index contributed by atoms with van der Waals surface area (Å²) in [6, 6.07) is 7.52. The number of phenols is 1. The van der Waals surface area contributed by atoms with Crippen LogP contribution >= 0.6 is 0 Å². The van der Waals surface area contributed by atoms with Crippen LogP contribution in [0.5, 0.6) is 5.75 Å². The number of nitrogens with zero attached hydrogens (tertiary/aromatic N) is 2. The molecule has 0 unspecified atom stereocenters. The maximum Gasteiger partial charge on any atom is 0.276 e. The Kier molecular flexibility index (Phi) is 4.65. The van der Waals surface area contributed by atoms with Crippen molar-refractivity contribution >= 4 is 5.91 Å². The lowest BCUT2D eigenvalue weighted by Crippen LogP contribution is -2.44. The van der Waals surface area contributed by atoms with Crippen LogP contribution in [0.1, 0.15) is 47.5 Å². The van der Waals surface area contributed by atoms with E-state index in [1.54, 1.807) is 19.1 Å². The van der Waals surface area contributed by atoms with E-state index in [1.165, 1.54) is 12.0 Å². The molecule has 1 aromatic heterocycles. The minimum atomic E-state index is -0.0216. The molecule has 1 aliphatic heterocycles. The minimum Gasteiger partial charge on any atom is -0.508 e. The van der Waals surface area contributed by atoms with Crippen molar-refractivity contribution in [1.29, 1.82) is 0 Å². The maximum absolute atomic E-state index is 12.7. The highest BCUT2D eigenvalue weighted by Crippen LogP contribution is 2.24. The standard InChI is InChI=1S/C18H22N2O3/c1-13-17(19-12-23-13)18(22)20-11-3-2-4-15(20)8-5-14-6-9-16(21)10-7-14/h6-7,9-10,12,15,21H,2-5,8,11H2,1H3/t15-/m1/s1. The summed E-state index contributed by atoms with van der Waals surface area (Å²) >= 11 is 0. The van der Waals surface area contributed by atoms with Crippen LogP contribution in [0.25, 0.3) is 0 Å². The van der Waals surface area contributed by atoms with Gasteiger partial charge in [-0.1, -0.05) is 12.1 Å². The molecule has 122 valence electrons. The van der Waals surface area contributed by atoms with Crippen molar-refractivity contribution in [3.63, 3.8) is 0 Å². The number of aromatic nitrogens is 1. The Morgan fingerprint density at radius 3 is 2.83 bits per heavy atom. The Hall–Kier alpha value is -2.30. The van der Waals surface area contributed by atoms with Crippen molar-refractivity contribution in [1.82, 2.24) is 9.88 Å². The van der Waals surface area contributed by atoms with Crippen molar-refractivity contribution in [2.45, 2.75) is 45.1 Å². The van der Waals surface area contributed by atoms with E-state index >= 15 is 0 Å². The van der Waals surface area contributed by atoms with Crippen molar-refractivity contribution < 1.29 is 14.3 Å². The van der Waals surface area contributed by atoms with Crippen molar-refractivity contribution in [3.8, 4) is 5.75 Å². The molecular weight excluding hydrogens is 292 g/mol. The Labute approximate surface area is 135 Å². The first-order valence-corrected chi connectivity index (χ1v) is 8.14. The van der Waals surface area contributed by atoms with Gasteiger partial charge in [-0.25, -0.2) is 4.98 Å². The lowest BCUT2D eigenvalue weighted by molar-refractivity contribution is 0.0595. The smallest absolute Gasteiger partial charge is 0.276 e. The van der Waals surface area contributed by atoms with Crippen molar-refractivity contribution in [2.24, 2.45) is 0 Å². The predicted octanol–water partition coefficient (Wildman–Crippen LogP) is 3.32. The lowest BCUT2D eigenvalue weighted by atomic mass is 9.95. The van der Waals surface area contributed by atoms with Crippen LogP contribution in [0, 0.1) is 6.92 Å². The topological polar surface area (TPSA) is 66.6 Å². The molecule has 1 saturated heterocycles. The number of carbonyl (C=O) groups excluding carboxylic acids is 1. The summed E-state index contributed by atoms with van der Waals surface area (Å²) in [5.41, 5.74) is 1.61. The fourth-order valence-corrected chi connectivity index (χ4v) is 3.21. The summed E-state index contributed by atoms with van der Waals surface area (Å²) in [5, 5.41) is 9.35. The van der Waals surface area contributed by atoms with E-state index in [0.717, 1.165) is 38.6 Å². The zero-order valence-electron chi connectivity index (χ0n) is 13.4. The van der Waals surface area contributed by atoms with Gasteiger partial charge < -0.3 is 14.4 Å². The van der Waals surface area contributed by atoms with Crippen LogP contribution in [-0.2, 0) is 6.42 Å². The SMILES string of the molecule is Cc1ocnc1C(=O)N1CCCC[C@@H]1CCc1ccc(O)cc1. The van der Waals surface area contributed by atoms with Gasteiger partial charge in [-0.15, -0.1) is 0 Å². The Bertz CT molecular complexity index is 663. The highest BCUT2D eigenvalue weighted by atomic mass is 16.3. The van der Waals surface area contributed by atoms with Crippen LogP contribution in [0.15, 0.2) is 35.1 Å². The van der Waals surface area contributed by atoms with Gasteiger partial charge in [0, 0.05) is 12.6 Å². The summed E-state index contributed by atoms with van der Waals surface area (Å²) < 4.78 is 5.17. The first kappa shape index (κ1) is 15.6. The molecule has 3 rings (SSSR count). The molecule has 1 aliphatic rings. The molecule has 0 saturated carbocycles. The van der Waals surface area contributed by atoms with Gasteiger partial charge in [-0.05, 0) is 56.7 Å². The van der Waals surface area contributed by atoms with E-state index in [0.29, 0.717) is 11.5 Å². The first-order chi connectivity index (χ1) is 11.1. The van der Waals surface area contributed by atoms with E-state index in [2.05, 4.69) is 4.98 Å². The van der Waals surface area contributed by atoms with Crippen LogP contribution < -0.4 is 0 Å². The lowest BCUT2D eigenvalue weighted by Gasteiger charge is -2.35. The number of phenolic OH excluding ortho intramolecular Hbond substituents is 1. The number of rotatable bonds is 4. The molecule has 1 N–H and O–H groups in total. The fraction of sp³-hybridized carbons (Fsp3) is 0.444. The van der Waals surface area contributed by atoms with Crippen molar-refractivity contribution in [3.05, 3.63) is 47.7 Å². The Morgan fingerprint density at radius 2 is 2.13 bits per heavy atom. The maximum atomic E-state index is 12.7. The summed E-state index contributed by atoms with van der Waals surface area (Å²) in [6.45, 7) is 2.56. The van der Waals surface area contributed by atoms with Gasteiger partial charge >= 0.3 is 0 Å². The van der Waals surface area contributed by atoms with E-state index in [4.69, 9.17) is 4.42 Å². The van der Waals surface area contributed by atoms with Gasteiger partial charge in [-0.2, -0.15) is 0 Å². The number of hydrogen-bond acceptors (Lipinski definition) is 4. The number of hydrogen-bond donors (Lipinski definition) is 1. The third-order valence-electron chi connectivity index (χ3n) is 4.54. The Morgan fingerprint density at radius 1 is 1.35 bits per heavy atom. The zero-order chi connectivity index (χ0) is 16.2. The number of piperidine rings is 1. The Balaban J connectivity index is 1.67. The van der Waals surface area contributed by atoms with Gasteiger partial charge in [0.25, 0.3) is 5.91 Å². The number of likely N-dealkylation sites (tertiary alicyclic amines) is 1. The quantitative estimate of drug-likeness (QED) is 0.940. The number of aromatic hydroxyl groups is 1. The number of carbonyl (C=O) groups is 1. The van der Waals surface area contributed by atoms with Gasteiger partial charge in [0.2, 0.25) is 0 Å². The molecule has 1 amide bonds. The third kappa shape index (κ3) is 3.55. The van der Waals surface area contributed by atoms with Gasteiger partial charge in [0.1, 0.15) is 11.5 Å². The normalized spacial score (nSPS) is 18.1. The molecule has 1 aromatic carbocycles. The fourth-order valence-electron chi connectivity index (χ4n) is 3.21. The second kappa shape index (κ2) is 6.86. The average molecular weight is 314 g/mol. The first-order valence-electron chi connectivity index (χ1n) is 8.14. The second-order valence-electron chi connectivity index (χ2n) is 6.11. The van der Waals surface area contributed by atoms with Gasteiger partial charge in [0.15, 0.2) is 12.1 Å². The molecule has 0 aliphatic carbocycles. The van der Waals surface area contributed by atoms with Crippen LogP contribution in [-0.4, -0.2) is 33.5 Å². The van der Waals surface area contributed by atoms with Crippen molar-refractivity contribution in [2.75, 3.05) is 6.54 Å². The highest BCUT2D eigenvalue weighted by molar-refractivity contribution is 5.93. The molecule has 0 radical (unpaired) electrons. The predicted molar refractivity (Wildman–Crippen MR) is 86.3 cm³/mol. The number of aryl methyl sites for hydroxylation is 2. The zero-order valence-corrected chi connectivity index (χ0v) is 13.4. The molecule has 2 heterocycles. The van der Waals surface area contributed by atoms with E-state index in [9.17, 15) is 9.90 Å². The number of oxazole rings is 1. The molecule has 1 fully saturated rings. The molecule has 23 heavy (non-hydrogen) atoms. The largest absolute Gasteiger partial charge is 0.508 e. The average Bonchev–Trinajstić information content (AvgIpc) is 3.00. The molecule has 0 bridgehead atoms. The van der Waals surface area contributed by atoms with E-state index in [-0.39, 0.29) is 17.7 Å². The van der Waals surface area contributed by atoms with E-state index in [1.807, 2.05) is 17.0 Å². The molecular formula is C18H22N2O3. The van der Waals surface area contributed by atoms with Crippen LogP contribution in [0.4, 0.5) is 0 Å². The summed E-state index contributed by atoms with van der Waals surface area (Å²) in [7, 11) is 0. The van der Waals surface area contributed by atoms with Crippen LogP contribution in [0.3, 0.4) is 0 Å². The summed E-state index contributed by atoms with van der Waals surface area (Å²) in [6.07, 6.45) is 6.37. The minimum absolute atomic E-state index is 0.0216. The molecule has 2 aromatic rings. The second-order valence-corrected chi connectivity index (χ2v) is 6.11.